The highest BCUT2D eigenvalue weighted by atomic mass is 14.6. The molecule has 6 bridgehead atoms. The molecule has 7 aliphatic carbocycles. The molecular formula is C40H57-. The Morgan fingerprint density at radius 3 is 2.10 bits per heavy atom. The summed E-state index contributed by atoms with van der Waals surface area (Å²) in [5, 5.41) is 0. The van der Waals surface area contributed by atoms with Crippen LogP contribution < -0.4 is 0 Å². The van der Waals surface area contributed by atoms with Crippen molar-refractivity contribution in [3.05, 3.63) is 53.0 Å². The van der Waals surface area contributed by atoms with Crippen molar-refractivity contribution in [1.29, 1.82) is 0 Å². The van der Waals surface area contributed by atoms with Crippen molar-refractivity contribution in [2.75, 3.05) is 0 Å². The molecule has 0 heteroatoms. The molecule has 0 aliphatic heterocycles. The molecule has 1 aromatic carbocycles. The van der Waals surface area contributed by atoms with Crippen molar-refractivity contribution in [2.45, 2.75) is 141 Å². The number of fused-ring (bicyclic) bond motifs is 5. The Labute approximate surface area is 246 Å². The van der Waals surface area contributed by atoms with Gasteiger partial charge in [0.25, 0.3) is 0 Å². The maximum atomic E-state index is 5.07. The standard InChI is InChI=1S/C40H57/c1-24-7-29-11-30(8-24)20-38(5,19-29)36-15-34(40-17-25(2)9-28(22-40)10-26(3)18-40)16-37(27(36)4)39(6)21-31-12-32-14-33(23-39)35(32)13-31/h15-16,19,24-26,28,30-33,35H,4,7-14,17-18,20-23H2,1-3,5-6H3/q-1. The molecule has 1 aromatic rings. The van der Waals surface area contributed by atoms with E-state index < -0.39 is 0 Å². The molecule has 0 heterocycles. The Morgan fingerprint density at radius 2 is 1.35 bits per heavy atom. The number of hydrogen-bond donors (Lipinski definition) is 0. The topological polar surface area (TPSA) is 0 Å². The van der Waals surface area contributed by atoms with Crippen LogP contribution >= 0.6 is 0 Å². The fraction of sp³-hybridized carbons (Fsp3) is 0.775. The van der Waals surface area contributed by atoms with Crippen molar-refractivity contribution in [1.82, 2.24) is 0 Å². The minimum atomic E-state index is 0.151. The van der Waals surface area contributed by atoms with E-state index in [-0.39, 0.29) is 5.41 Å². The predicted octanol–water partition coefficient (Wildman–Crippen LogP) is 10.7. The van der Waals surface area contributed by atoms with Crippen LogP contribution in [0.15, 0.2) is 23.8 Å². The highest BCUT2D eigenvalue weighted by molar-refractivity contribution is 5.53. The highest BCUT2D eigenvalue weighted by Crippen LogP contribution is 2.63. The summed E-state index contributed by atoms with van der Waals surface area (Å²) in [6.07, 6.45) is 22.9. The Hall–Kier alpha value is -1.17. The second-order valence-corrected chi connectivity index (χ2v) is 18.3. The van der Waals surface area contributed by atoms with E-state index in [1.54, 1.807) is 22.3 Å². The van der Waals surface area contributed by atoms with Crippen LogP contribution in [0.1, 0.15) is 147 Å². The molecule has 0 nitrogen and oxygen atoms in total. The lowest BCUT2D eigenvalue weighted by molar-refractivity contribution is 0.0691. The molecule has 0 N–H and O–H groups in total. The van der Waals surface area contributed by atoms with Gasteiger partial charge in [0, 0.05) is 0 Å². The maximum absolute atomic E-state index is 5.07. The zero-order chi connectivity index (χ0) is 27.6. The summed E-state index contributed by atoms with van der Waals surface area (Å²) in [5.41, 5.74) is 9.14. The summed E-state index contributed by atoms with van der Waals surface area (Å²) in [6, 6.07) is 5.60. The summed E-state index contributed by atoms with van der Waals surface area (Å²) in [5.74, 6) is 8.47. The van der Waals surface area contributed by atoms with Crippen molar-refractivity contribution in [3.63, 3.8) is 0 Å². The normalized spacial score (nSPS) is 51.0. The van der Waals surface area contributed by atoms with Gasteiger partial charge in [-0.25, -0.2) is 0 Å². The molecule has 7 aliphatic rings. The molecule has 6 fully saturated rings. The molecule has 8 rings (SSSR count). The first-order valence-corrected chi connectivity index (χ1v) is 17.7. The van der Waals surface area contributed by atoms with Crippen LogP contribution in [0.5, 0.6) is 0 Å². The van der Waals surface area contributed by atoms with Crippen molar-refractivity contribution in [3.8, 4) is 0 Å². The van der Waals surface area contributed by atoms with E-state index in [1.165, 1.54) is 95.5 Å². The summed E-state index contributed by atoms with van der Waals surface area (Å²) < 4.78 is 0. The Balaban J connectivity index is 1.29. The van der Waals surface area contributed by atoms with Crippen LogP contribution in [0.25, 0.3) is 0 Å². The van der Waals surface area contributed by atoms with Crippen LogP contribution in [0.2, 0.25) is 0 Å². The zero-order valence-corrected chi connectivity index (χ0v) is 26.5. The number of allylic oxidation sites excluding steroid dienone is 2. The van der Waals surface area contributed by atoms with Crippen molar-refractivity contribution < 1.29 is 0 Å². The van der Waals surface area contributed by atoms with Gasteiger partial charge < -0.3 is 0 Å². The van der Waals surface area contributed by atoms with E-state index in [2.05, 4.69) is 52.8 Å². The molecule has 0 radical (unpaired) electrons. The Morgan fingerprint density at radius 1 is 0.650 bits per heavy atom. The van der Waals surface area contributed by atoms with Gasteiger partial charge in [0.2, 0.25) is 0 Å². The third-order valence-corrected chi connectivity index (χ3v) is 14.4. The van der Waals surface area contributed by atoms with E-state index in [0.29, 0.717) is 10.8 Å². The van der Waals surface area contributed by atoms with Crippen LogP contribution in [-0.2, 0) is 16.2 Å². The molecule has 0 saturated heterocycles. The van der Waals surface area contributed by atoms with Gasteiger partial charge in [0.05, 0.1) is 0 Å². The second-order valence-electron chi connectivity index (χ2n) is 18.3. The fourth-order valence-electron chi connectivity index (χ4n) is 13.7. The number of benzene rings is 1. The molecule has 10 unspecified atom stereocenters. The third kappa shape index (κ3) is 4.07. The quantitative estimate of drug-likeness (QED) is 0.266. The van der Waals surface area contributed by atoms with Crippen LogP contribution in [-0.4, -0.2) is 0 Å². The predicted molar refractivity (Wildman–Crippen MR) is 168 cm³/mol. The second kappa shape index (κ2) is 8.92. The van der Waals surface area contributed by atoms with Crippen molar-refractivity contribution in [2.24, 2.45) is 53.3 Å². The van der Waals surface area contributed by atoms with E-state index in [4.69, 9.17) is 6.92 Å². The minimum absolute atomic E-state index is 0.151. The van der Waals surface area contributed by atoms with Crippen LogP contribution in [0.4, 0.5) is 0 Å². The Bertz CT molecular complexity index is 1190. The van der Waals surface area contributed by atoms with E-state index >= 15 is 0 Å². The highest BCUT2D eigenvalue weighted by Gasteiger charge is 2.53. The van der Waals surface area contributed by atoms with Crippen LogP contribution in [0, 0.1) is 60.2 Å². The van der Waals surface area contributed by atoms with Gasteiger partial charge >= 0.3 is 0 Å². The lowest BCUT2D eigenvalue weighted by Gasteiger charge is -2.54. The van der Waals surface area contributed by atoms with E-state index in [0.717, 1.165) is 53.3 Å². The summed E-state index contributed by atoms with van der Waals surface area (Å²) in [7, 11) is 0. The van der Waals surface area contributed by atoms with Crippen molar-refractivity contribution >= 4 is 0 Å². The van der Waals surface area contributed by atoms with Gasteiger partial charge in [-0.1, -0.05) is 70.1 Å². The molecule has 218 valence electrons. The number of rotatable bonds is 3. The monoisotopic (exact) mass is 537 g/mol. The van der Waals surface area contributed by atoms with Gasteiger partial charge in [-0.05, 0) is 141 Å². The number of hydrogen-bond acceptors (Lipinski definition) is 0. The average molecular weight is 538 g/mol. The first kappa shape index (κ1) is 26.5. The minimum Gasteiger partial charge on any atom is -0.198 e. The van der Waals surface area contributed by atoms with Gasteiger partial charge in [-0.2, -0.15) is 12.5 Å². The summed E-state index contributed by atoms with van der Waals surface area (Å²) >= 11 is 0. The molecule has 10 atom stereocenters. The van der Waals surface area contributed by atoms with E-state index in [1.807, 2.05) is 0 Å². The lowest BCUT2D eigenvalue weighted by Crippen LogP contribution is -2.43. The smallest absolute Gasteiger partial charge is 0.00597 e. The molecular weight excluding hydrogens is 480 g/mol. The fourth-order valence-corrected chi connectivity index (χ4v) is 13.7. The summed E-state index contributed by atoms with van der Waals surface area (Å²) in [4.78, 5) is 0. The molecule has 0 spiro atoms. The molecule has 0 aromatic heterocycles. The Kier molecular flexibility index (Phi) is 5.90. The molecule has 40 heavy (non-hydrogen) atoms. The van der Waals surface area contributed by atoms with Gasteiger partial charge in [-0.15, -0.1) is 23.3 Å². The zero-order valence-electron chi connectivity index (χ0n) is 26.5. The van der Waals surface area contributed by atoms with Gasteiger partial charge in [-0.3, -0.25) is 0 Å². The first-order chi connectivity index (χ1) is 19.0. The van der Waals surface area contributed by atoms with E-state index in [9.17, 15) is 0 Å². The van der Waals surface area contributed by atoms with Gasteiger partial charge in [0.1, 0.15) is 0 Å². The summed E-state index contributed by atoms with van der Waals surface area (Å²) in [6.45, 7) is 18.0. The van der Waals surface area contributed by atoms with Gasteiger partial charge in [0.15, 0.2) is 0 Å². The average Bonchev–Trinajstić information content (AvgIpc) is 3.09. The molecule has 0 amide bonds. The molecule has 6 saturated carbocycles. The largest absolute Gasteiger partial charge is 0.198 e. The van der Waals surface area contributed by atoms with Crippen LogP contribution in [0.3, 0.4) is 0 Å². The lowest BCUT2D eigenvalue weighted by atomic mass is 9.53. The first-order valence-electron chi connectivity index (χ1n) is 17.7. The maximum Gasteiger partial charge on any atom is -0.00597 e. The third-order valence-electron chi connectivity index (χ3n) is 14.4. The SMILES string of the molecule is [CH2-]c1c(C2(C)C=C3CC(C)CC(C3)C2)cc(C23CC(C)CC(CC(C)C2)C3)cc1C1(C)CC2CC3CC(C1)C3C2.